The normalized spacial score (nSPS) is 12.1. The highest BCUT2D eigenvalue weighted by atomic mass is 32.1. The molecular weight excluding hydrogens is 1170 g/mol. The van der Waals surface area contributed by atoms with Gasteiger partial charge in [0, 0.05) is 107 Å². The molecule has 0 fully saturated rings. The lowest BCUT2D eigenvalue weighted by Crippen LogP contribution is -2.03. The summed E-state index contributed by atoms with van der Waals surface area (Å²) in [5.41, 5.74) is 12.9. The van der Waals surface area contributed by atoms with E-state index in [1.54, 1.807) is 6.20 Å². The number of rotatable bonds is 5. The van der Waals surface area contributed by atoms with E-state index in [9.17, 15) is 0 Å². The lowest BCUT2D eigenvalue weighted by atomic mass is 10.00. The first-order valence-electron chi connectivity index (χ1n) is 30.6. The van der Waals surface area contributed by atoms with E-state index >= 15 is 0 Å². The van der Waals surface area contributed by atoms with E-state index in [0.717, 1.165) is 88.4 Å². The Morgan fingerprint density at radius 2 is 0.707 bits per heavy atom. The Balaban J connectivity index is 0.000000129. The molecule has 0 aliphatic carbocycles. The summed E-state index contributed by atoms with van der Waals surface area (Å²) >= 11 is 3.70. The average molecular weight is 1210 g/mol. The number of hydrogen-bond acceptors (Lipinski definition) is 9. The van der Waals surface area contributed by atoms with E-state index in [1.807, 2.05) is 83.5 Å². The molecule has 21 aromatic rings. The van der Waals surface area contributed by atoms with Gasteiger partial charge >= 0.3 is 0 Å². The summed E-state index contributed by atoms with van der Waals surface area (Å²) in [6.07, 6.45) is 3.64. The number of pyridine rings is 1. The van der Waals surface area contributed by atoms with Crippen LogP contribution in [-0.4, -0.2) is 34.1 Å². The van der Waals surface area contributed by atoms with Crippen LogP contribution in [0.1, 0.15) is 0 Å². The third-order valence-electron chi connectivity index (χ3n) is 18.3. The van der Waals surface area contributed by atoms with Crippen molar-refractivity contribution < 1.29 is 8.83 Å². The van der Waals surface area contributed by atoms with Crippen LogP contribution in [-0.2, 0) is 0 Å². The molecule has 9 nitrogen and oxygen atoms in total. The Labute approximate surface area is 530 Å². The molecule has 11 heteroatoms. The molecule has 92 heavy (non-hydrogen) atoms. The van der Waals surface area contributed by atoms with Crippen LogP contribution in [0.15, 0.2) is 282 Å². The highest BCUT2D eigenvalue weighted by Gasteiger charge is 2.28. The van der Waals surface area contributed by atoms with Gasteiger partial charge in [-0.05, 0) is 76.5 Å². The summed E-state index contributed by atoms with van der Waals surface area (Å²) in [5.74, 6) is 1.16. The van der Waals surface area contributed by atoms with E-state index in [1.165, 1.54) is 83.4 Å². The van der Waals surface area contributed by atoms with E-state index in [4.69, 9.17) is 28.8 Å². The Bertz CT molecular complexity index is 6650. The summed E-state index contributed by atoms with van der Waals surface area (Å²) in [7, 11) is 0. The predicted octanol–water partition coefficient (Wildman–Crippen LogP) is 22.4. The largest absolute Gasteiger partial charge is 0.437 e. The zero-order chi connectivity index (χ0) is 60.1. The summed E-state index contributed by atoms with van der Waals surface area (Å²) in [6.45, 7) is 0. The van der Waals surface area contributed by atoms with Crippen LogP contribution in [0.25, 0.3) is 195 Å². The Morgan fingerprint density at radius 1 is 0.293 bits per heavy atom. The van der Waals surface area contributed by atoms with Gasteiger partial charge in [0.25, 0.3) is 0 Å². The third kappa shape index (κ3) is 7.42. The lowest BCUT2D eigenvalue weighted by molar-refractivity contribution is 0.651. The van der Waals surface area contributed by atoms with Gasteiger partial charge in [-0.15, -0.1) is 22.7 Å². The van der Waals surface area contributed by atoms with E-state index < -0.39 is 0 Å². The molecule has 9 aromatic heterocycles. The molecular formula is C81H45N7O2S2. The Morgan fingerprint density at radius 3 is 1.23 bits per heavy atom. The van der Waals surface area contributed by atoms with Gasteiger partial charge in [0.1, 0.15) is 11.2 Å². The van der Waals surface area contributed by atoms with Crippen LogP contribution in [0.3, 0.4) is 0 Å². The Kier molecular flexibility index (Phi) is 11.0. The fraction of sp³-hybridized carbons (Fsp3) is 0. The molecule has 0 saturated heterocycles. The number of fused-ring (bicyclic) bond motifs is 26. The maximum Gasteiger partial charge on any atom is 0.238 e. The standard InChI is InChI=1S/C44H25N3OS.C37H20N4OS/c1-2-13-26(14-3-1)27-15-12-16-28(25-27)40-38-32-20-7-10-23-35(32)48-43(38)46-44(45-40)47-34-22-9-6-19-31(34)37-29-17-4-5-18-30(29)42-39(41(37)47)33-21-8-11-24-36(33)49-42;1-2-12-23-22(11-1)30-24-13-3-6-16-27(24)41(34(30)32-26-15-5-8-18-29(26)43-35(23)32)37-39-33(21-10-9-19-38-20-21)31-25-14-4-7-17-28(25)42-36(31)40-37/h1-25H;1-20H. The van der Waals surface area contributed by atoms with E-state index in [2.05, 4.69) is 220 Å². The molecule has 0 spiro atoms. The van der Waals surface area contributed by atoms with Gasteiger partial charge in [0.05, 0.1) is 44.2 Å². The molecule has 0 N–H and O–H groups in total. The summed E-state index contributed by atoms with van der Waals surface area (Å²) in [6, 6.07) is 91.5. The molecule has 0 bridgehead atoms. The molecule has 21 rings (SSSR count). The van der Waals surface area contributed by atoms with Gasteiger partial charge in [0.15, 0.2) is 0 Å². The molecule has 0 saturated carbocycles. The summed E-state index contributed by atoms with van der Waals surface area (Å²) in [5, 5.41) is 18.5. The number of aromatic nitrogens is 7. The van der Waals surface area contributed by atoms with Crippen LogP contribution < -0.4 is 0 Å². The summed E-state index contributed by atoms with van der Waals surface area (Å²) < 4.78 is 22.5. The zero-order valence-corrected chi connectivity index (χ0v) is 50.4. The fourth-order valence-corrected chi connectivity index (χ4v) is 17.0. The highest BCUT2D eigenvalue weighted by molar-refractivity contribution is 7.27. The molecule has 0 atom stereocenters. The number of thiophene rings is 2. The molecule has 428 valence electrons. The molecule has 0 unspecified atom stereocenters. The zero-order valence-electron chi connectivity index (χ0n) is 48.7. The maximum atomic E-state index is 6.54. The van der Waals surface area contributed by atoms with Crippen molar-refractivity contribution in [3.05, 3.63) is 273 Å². The number of nitrogens with zero attached hydrogens (tertiary/aromatic N) is 7. The maximum absolute atomic E-state index is 6.54. The van der Waals surface area contributed by atoms with Gasteiger partial charge < -0.3 is 8.83 Å². The molecule has 9 heterocycles. The molecule has 0 radical (unpaired) electrons. The number of para-hydroxylation sites is 4. The minimum Gasteiger partial charge on any atom is -0.437 e. The Hall–Kier alpha value is -11.9. The quantitative estimate of drug-likeness (QED) is 0.169. The number of benzene rings is 12. The average Bonchev–Trinajstić information content (AvgIpc) is 1.55. The second-order valence-electron chi connectivity index (χ2n) is 23.3. The first-order chi connectivity index (χ1) is 45.7. The SMILES string of the molecule is c1ccc(-c2cccc(-c3nc(-n4c5ccccc5c5c6ccccc6c6sc7ccccc7c6c54)nc4oc5ccccc5c34)c2)cc1.c1cncc(-c2nc(-n3c4ccccc4c4c5ccccc5c5sc6ccccc6c5c43)nc3oc4ccccc4c23)c1. The molecule has 12 aromatic carbocycles. The van der Waals surface area contributed by atoms with Gasteiger partial charge in [0.2, 0.25) is 23.3 Å². The van der Waals surface area contributed by atoms with Crippen molar-refractivity contribution in [1.82, 2.24) is 34.1 Å². The van der Waals surface area contributed by atoms with Gasteiger partial charge in [-0.2, -0.15) is 9.97 Å². The molecule has 0 amide bonds. The van der Waals surface area contributed by atoms with E-state index in [0.29, 0.717) is 23.3 Å². The minimum absolute atomic E-state index is 0.559. The van der Waals surface area contributed by atoms with Crippen LogP contribution in [0.5, 0.6) is 0 Å². The van der Waals surface area contributed by atoms with Crippen LogP contribution in [0, 0.1) is 0 Å². The number of hydrogen-bond donors (Lipinski definition) is 0. The van der Waals surface area contributed by atoms with E-state index in [-0.39, 0.29) is 0 Å². The summed E-state index contributed by atoms with van der Waals surface area (Å²) in [4.78, 5) is 25.7. The highest BCUT2D eigenvalue weighted by Crippen LogP contribution is 2.51. The first kappa shape index (κ1) is 51.0. The van der Waals surface area contributed by atoms with Gasteiger partial charge in [-0.3, -0.25) is 14.1 Å². The van der Waals surface area contributed by atoms with Crippen molar-refractivity contribution in [1.29, 1.82) is 0 Å². The third-order valence-corrected chi connectivity index (χ3v) is 20.7. The van der Waals surface area contributed by atoms with Gasteiger partial charge in [-0.25, -0.2) is 9.97 Å². The molecule has 0 aliphatic rings. The number of furan rings is 2. The van der Waals surface area contributed by atoms with Gasteiger partial charge in [-0.1, -0.05) is 206 Å². The first-order valence-corrected chi connectivity index (χ1v) is 32.3. The molecule has 0 aliphatic heterocycles. The van der Waals surface area contributed by atoms with Crippen LogP contribution >= 0.6 is 22.7 Å². The lowest BCUT2D eigenvalue weighted by Gasteiger charge is -2.12. The van der Waals surface area contributed by atoms with Crippen molar-refractivity contribution >= 4 is 172 Å². The van der Waals surface area contributed by atoms with Crippen molar-refractivity contribution in [3.8, 4) is 45.5 Å². The minimum atomic E-state index is 0.559. The van der Waals surface area contributed by atoms with Crippen molar-refractivity contribution in [3.63, 3.8) is 0 Å². The monoisotopic (exact) mass is 1210 g/mol. The second kappa shape index (κ2) is 19.8. The second-order valence-corrected chi connectivity index (χ2v) is 25.4. The predicted molar refractivity (Wildman–Crippen MR) is 382 cm³/mol. The topological polar surface area (TPSA) is 101 Å². The smallest absolute Gasteiger partial charge is 0.238 e. The van der Waals surface area contributed by atoms with Crippen molar-refractivity contribution in [2.75, 3.05) is 0 Å². The van der Waals surface area contributed by atoms with Crippen LogP contribution in [0.2, 0.25) is 0 Å². The van der Waals surface area contributed by atoms with Crippen LogP contribution in [0.4, 0.5) is 0 Å². The van der Waals surface area contributed by atoms with Crippen molar-refractivity contribution in [2.45, 2.75) is 0 Å². The fourth-order valence-electron chi connectivity index (χ4n) is 14.5. The van der Waals surface area contributed by atoms with Crippen molar-refractivity contribution in [2.24, 2.45) is 0 Å².